The molecule has 82 valence electrons. The molecular formula is C12H13N3O. The van der Waals surface area contributed by atoms with Crippen LogP contribution >= 0.6 is 0 Å². The Hall–Kier alpha value is -1.89. The van der Waals surface area contributed by atoms with Gasteiger partial charge in [0.25, 0.3) is 0 Å². The van der Waals surface area contributed by atoms with Gasteiger partial charge in [0.2, 0.25) is 5.91 Å². The first kappa shape index (κ1) is 10.6. The van der Waals surface area contributed by atoms with Crippen molar-refractivity contribution in [2.45, 2.75) is 25.8 Å². The van der Waals surface area contributed by atoms with Crippen LogP contribution in [0.15, 0.2) is 18.3 Å². The second-order valence-electron chi connectivity index (χ2n) is 3.93. The predicted octanol–water partition coefficient (Wildman–Crippen LogP) is 1.47. The fourth-order valence-electron chi connectivity index (χ4n) is 1.88. The zero-order chi connectivity index (χ0) is 11.4. The zero-order valence-corrected chi connectivity index (χ0v) is 9.02. The Morgan fingerprint density at radius 2 is 2.38 bits per heavy atom. The van der Waals surface area contributed by atoms with E-state index in [9.17, 15) is 4.79 Å². The van der Waals surface area contributed by atoms with E-state index in [4.69, 9.17) is 5.26 Å². The van der Waals surface area contributed by atoms with Gasteiger partial charge < -0.3 is 4.90 Å². The van der Waals surface area contributed by atoms with Crippen LogP contribution in [0.5, 0.6) is 0 Å². The van der Waals surface area contributed by atoms with Crippen molar-refractivity contribution in [1.29, 1.82) is 5.26 Å². The second kappa shape index (κ2) is 4.75. The molecule has 0 spiro atoms. The maximum atomic E-state index is 11.6. The van der Waals surface area contributed by atoms with Crippen molar-refractivity contribution in [2.75, 3.05) is 6.54 Å². The fourth-order valence-corrected chi connectivity index (χ4v) is 1.88. The van der Waals surface area contributed by atoms with Gasteiger partial charge in [-0.2, -0.15) is 5.26 Å². The number of nitriles is 1. The summed E-state index contributed by atoms with van der Waals surface area (Å²) >= 11 is 0. The van der Waals surface area contributed by atoms with Crippen LogP contribution in [0, 0.1) is 11.3 Å². The van der Waals surface area contributed by atoms with Gasteiger partial charge in [-0.05, 0) is 30.5 Å². The summed E-state index contributed by atoms with van der Waals surface area (Å²) < 4.78 is 0. The van der Waals surface area contributed by atoms with E-state index in [1.807, 2.05) is 17.0 Å². The van der Waals surface area contributed by atoms with Crippen LogP contribution in [-0.4, -0.2) is 22.3 Å². The summed E-state index contributed by atoms with van der Waals surface area (Å²) in [4.78, 5) is 17.4. The Bertz CT molecular complexity index is 436. The standard InChI is InChI=1S/C12H13N3O/c13-8-11-7-10(4-5-14-11)9-15-6-2-1-3-12(15)16/h4-5,7H,1-3,6,9H2. The van der Waals surface area contributed by atoms with E-state index in [0.717, 1.165) is 24.9 Å². The lowest BCUT2D eigenvalue weighted by Crippen LogP contribution is -2.34. The molecule has 0 N–H and O–H groups in total. The number of piperidine rings is 1. The fraction of sp³-hybridized carbons (Fsp3) is 0.417. The normalized spacial score (nSPS) is 15.9. The summed E-state index contributed by atoms with van der Waals surface area (Å²) in [5.74, 6) is 0.210. The van der Waals surface area contributed by atoms with Crippen molar-refractivity contribution in [2.24, 2.45) is 0 Å². The molecule has 0 radical (unpaired) electrons. The summed E-state index contributed by atoms with van der Waals surface area (Å²) in [6.07, 6.45) is 4.33. The Morgan fingerprint density at radius 1 is 1.50 bits per heavy atom. The number of likely N-dealkylation sites (tertiary alicyclic amines) is 1. The first-order valence-electron chi connectivity index (χ1n) is 5.42. The molecule has 1 aromatic rings. The number of aromatic nitrogens is 1. The molecule has 0 unspecified atom stereocenters. The van der Waals surface area contributed by atoms with Crippen LogP contribution in [0.1, 0.15) is 30.5 Å². The smallest absolute Gasteiger partial charge is 0.222 e. The van der Waals surface area contributed by atoms with Crippen molar-refractivity contribution in [3.63, 3.8) is 0 Å². The lowest BCUT2D eigenvalue weighted by atomic mass is 10.1. The minimum Gasteiger partial charge on any atom is -0.338 e. The number of hydrogen-bond donors (Lipinski definition) is 0. The number of amides is 1. The van der Waals surface area contributed by atoms with Gasteiger partial charge in [0.1, 0.15) is 11.8 Å². The van der Waals surface area contributed by atoms with Crippen molar-refractivity contribution < 1.29 is 4.79 Å². The second-order valence-corrected chi connectivity index (χ2v) is 3.93. The van der Waals surface area contributed by atoms with Gasteiger partial charge in [0.15, 0.2) is 0 Å². The van der Waals surface area contributed by atoms with E-state index >= 15 is 0 Å². The van der Waals surface area contributed by atoms with Crippen LogP contribution < -0.4 is 0 Å². The highest BCUT2D eigenvalue weighted by molar-refractivity contribution is 5.76. The van der Waals surface area contributed by atoms with E-state index in [2.05, 4.69) is 4.98 Å². The molecule has 2 rings (SSSR count). The lowest BCUT2D eigenvalue weighted by molar-refractivity contribution is -0.133. The Kier molecular flexibility index (Phi) is 3.16. The zero-order valence-electron chi connectivity index (χ0n) is 9.02. The highest BCUT2D eigenvalue weighted by atomic mass is 16.2. The third-order valence-corrected chi connectivity index (χ3v) is 2.73. The third-order valence-electron chi connectivity index (χ3n) is 2.73. The summed E-state index contributed by atoms with van der Waals surface area (Å²) in [5, 5.41) is 8.73. The van der Waals surface area contributed by atoms with Gasteiger partial charge in [-0.1, -0.05) is 0 Å². The molecule has 1 aliphatic rings. The minimum absolute atomic E-state index is 0.210. The van der Waals surface area contributed by atoms with E-state index in [1.165, 1.54) is 0 Å². The number of rotatable bonds is 2. The van der Waals surface area contributed by atoms with Gasteiger partial charge in [0.05, 0.1) is 0 Å². The van der Waals surface area contributed by atoms with E-state index in [-0.39, 0.29) is 5.91 Å². The molecule has 0 saturated carbocycles. The van der Waals surface area contributed by atoms with Crippen LogP contribution in [0.4, 0.5) is 0 Å². The first-order chi connectivity index (χ1) is 7.79. The SMILES string of the molecule is N#Cc1cc(CN2CCCCC2=O)ccn1. The quantitative estimate of drug-likeness (QED) is 0.750. The van der Waals surface area contributed by atoms with E-state index in [1.54, 1.807) is 12.3 Å². The molecule has 0 aromatic carbocycles. The number of nitrogens with zero attached hydrogens (tertiary/aromatic N) is 3. The van der Waals surface area contributed by atoms with Gasteiger partial charge in [0, 0.05) is 25.7 Å². The van der Waals surface area contributed by atoms with Gasteiger partial charge in [-0.15, -0.1) is 0 Å². The molecule has 4 heteroatoms. The average Bonchev–Trinajstić information content (AvgIpc) is 2.32. The van der Waals surface area contributed by atoms with Gasteiger partial charge >= 0.3 is 0 Å². The van der Waals surface area contributed by atoms with Crippen LogP contribution in [-0.2, 0) is 11.3 Å². The van der Waals surface area contributed by atoms with Crippen LogP contribution in [0.2, 0.25) is 0 Å². The number of carbonyl (C=O) groups excluding carboxylic acids is 1. The molecule has 1 aliphatic heterocycles. The number of hydrogen-bond acceptors (Lipinski definition) is 3. The molecule has 2 heterocycles. The monoisotopic (exact) mass is 215 g/mol. The highest BCUT2D eigenvalue weighted by Crippen LogP contribution is 2.14. The largest absolute Gasteiger partial charge is 0.338 e. The predicted molar refractivity (Wildman–Crippen MR) is 58.2 cm³/mol. The molecule has 0 atom stereocenters. The van der Waals surface area contributed by atoms with Gasteiger partial charge in [-0.25, -0.2) is 4.98 Å². The summed E-state index contributed by atoms with van der Waals surface area (Å²) in [6.45, 7) is 1.42. The molecule has 4 nitrogen and oxygen atoms in total. The van der Waals surface area contributed by atoms with Crippen LogP contribution in [0.3, 0.4) is 0 Å². The lowest BCUT2D eigenvalue weighted by Gasteiger charge is -2.26. The average molecular weight is 215 g/mol. The number of pyridine rings is 1. The van der Waals surface area contributed by atoms with E-state index in [0.29, 0.717) is 18.7 Å². The van der Waals surface area contributed by atoms with Gasteiger partial charge in [-0.3, -0.25) is 4.79 Å². The van der Waals surface area contributed by atoms with Crippen molar-refractivity contribution in [3.8, 4) is 6.07 Å². The van der Waals surface area contributed by atoms with Crippen LogP contribution in [0.25, 0.3) is 0 Å². The molecule has 1 amide bonds. The summed E-state index contributed by atoms with van der Waals surface area (Å²) in [6, 6.07) is 5.59. The first-order valence-corrected chi connectivity index (χ1v) is 5.42. The third kappa shape index (κ3) is 2.37. The Morgan fingerprint density at radius 3 is 3.12 bits per heavy atom. The molecule has 1 fully saturated rings. The molecule has 16 heavy (non-hydrogen) atoms. The topological polar surface area (TPSA) is 57.0 Å². The molecule has 0 bridgehead atoms. The highest BCUT2D eigenvalue weighted by Gasteiger charge is 2.17. The Labute approximate surface area is 94.5 Å². The summed E-state index contributed by atoms with van der Waals surface area (Å²) in [5.41, 5.74) is 1.38. The molecular weight excluding hydrogens is 202 g/mol. The molecule has 0 aliphatic carbocycles. The summed E-state index contributed by atoms with van der Waals surface area (Å²) in [7, 11) is 0. The maximum Gasteiger partial charge on any atom is 0.222 e. The number of carbonyl (C=O) groups is 1. The van der Waals surface area contributed by atoms with Crippen molar-refractivity contribution >= 4 is 5.91 Å². The van der Waals surface area contributed by atoms with Crippen molar-refractivity contribution in [3.05, 3.63) is 29.6 Å². The molecule has 1 saturated heterocycles. The van der Waals surface area contributed by atoms with E-state index < -0.39 is 0 Å². The van der Waals surface area contributed by atoms with Crippen molar-refractivity contribution in [1.82, 2.24) is 9.88 Å². The molecule has 1 aromatic heterocycles. The minimum atomic E-state index is 0.210. The maximum absolute atomic E-state index is 11.6. The Balaban J connectivity index is 2.08.